The number of rotatable bonds is 5. The molecule has 0 aliphatic carbocycles. The summed E-state index contributed by atoms with van der Waals surface area (Å²) in [6.45, 7) is 12.9. The van der Waals surface area contributed by atoms with Gasteiger partial charge < -0.3 is 19.5 Å². The second-order valence-corrected chi connectivity index (χ2v) is 9.27. The van der Waals surface area contributed by atoms with Gasteiger partial charge in [0.15, 0.2) is 0 Å². The lowest BCUT2D eigenvalue weighted by Crippen LogP contribution is -2.45. The first-order chi connectivity index (χ1) is 14.7. The number of hydrogen-bond donors (Lipinski definition) is 1. The van der Waals surface area contributed by atoms with Crippen LogP contribution in [0.1, 0.15) is 78.6 Å². The third-order valence-corrected chi connectivity index (χ3v) is 7.15. The van der Waals surface area contributed by atoms with Gasteiger partial charge >= 0.3 is 5.97 Å². The Hall–Kier alpha value is -2.31. The number of piperidine rings is 2. The van der Waals surface area contributed by atoms with Crippen LogP contribution in [-0.2, 0) is 9.53 Å². The highest BCUT2D eigenvalue weighted by Gasteiger charge is 2.34. The van der Waals surface area contributed by atoms with Crippen LogP contribution in [0, 0.1) is 31.6 Å². The zero-order chi connectivity index (χ0) is 22.7. The zero-order valence-corrected chi connectivity index (χ0v) is 19.6. The minimum atomic E-state index is -0.397. The number of nitrogens with zero attached hydrogens (tertiary/aromatic N) is 2. The smallest absolute Gasteiger partial charge is 0.340 e. The highest BCUT2D eigenvalue weighted by molar-refractivity contribution is 6.00. The molecule has 0 saturated carbocycles. The molecule has 1 atom stereocenters. The molecule has 2 fully saturated rings. The monoisotopic (exact) mass is 431 g/mol. The second kappa shape index (κ2) is 9.88. The molecule has 7 heteroatoms. The summed E-state index contributed by atoms with van der Waals surface area (Å²) in [5.74, 6) is 0.794. The van der Waals surface area contributed by atoms with E-state index in [4.69, 9.17) is 4.74 Å². The maximum absolute atomic E-state index is 13.1. The van der Waals surface area contributed by atoms with Gasteiger partial charge in [0.1, 0.15) is 5.69 Å². The van der Waals surface area contributed by atoms with Crippen LogP contribution in [0.2, 0.25) is 0 Å². The summed E-state index contributed by atoms with van der Waals surface area (Å²) in [4.78, 5) is 45.3. The normalized spacial score (nSPS) is 19.4. The van der Waals surface area contributed by atoms with Crippen LogP contribution in [0.5, 0.6) is 0 Å². The van der Waals surface area contributed by atoms with Crippen LogP contribution in [0.4, 0.5) is 0 Å². The van der Waals surface area contributed by atoms with Gasteiger partial charge in [0.25, 0.3) is 5.91 Å². The summed E-state index contributed by atoms with van der Waals surface area (Å²) >= 11 is 0. The molecule has 172 valence electrons. The minimum Gasteiger partial charge on any atom is -0.462 e. The van der Waals surface area contributed by atoms with Gasteiger partial charge in [-0.2, -0.15) is 0 Å². The van der Waals surface area contributed by atoms with Crippen molar-refractivity contribution in [2.24, 2.45) is 17.8 Å². The van der Waals surface area contributed by atoms with Gasteiger partial charge in [-0.1, -0.05) is 13.8 Å². The molecule has 3 heterocycles. The lowest BCUT2D eigenvalue weighted by molar-refractivity contribution is -0.138. The summed E-state index contributed by atoms with van der Waals surface area (Å²) in [7, 11) is 0. The van der Waals surface area contributed by atoms with Crippen molar-refractivity contribution in [3.63, 3.8) is 0 Å². The van der Waals surface area contributed by atoms with Crippen molar-refractivity contribution >= 4 is 17.8 Å². The number of carbonyl (C=O) groups excluding carboxylic acids is 3. The molecule has 1 aromatic rings. The molecule has 0 aromatic carbocycles. The Balaban J connectivity index is 1.59. The fourth-order valence-electron chi connectivity index (χ4n) is 4.95. The Kier molecular flexibility index (Phi) is 7.44. The molecule has 1 N–H and O–H groups in total. The number of likely N-dealkylation sites (tertiary alicyclic amines) is 2. The van der Waals surface area contributed by atoms with E-state index in [1.165, 1.54) is 0 Å². The van der Waals surface area contributed by atoms with Crippen LogP contribution in [0.25, 0.3) is 0 Å². The molecular weight excluding hydrogens is 394 g/mol. The van der Waals surface area contributed by atoms with Crippen LogP contribution < -0.4 is 0 Å². The fourth-order valence-corrected chi connectivity index (χ4v) is 4.95. The SMILES string of the molecule is CCOC(=O)c1c(C)[nH]c(C(=O)N2CCC(C(C)C(=O)N3CCC(C)CC3)CC2)c1C. The Bertz CT molecular complexity index is 815. The molecule has 0 bridgehead atoms. The lowest BCUT2D eigenvalue weighted by Gasteiger charge is -2.37. The molecule has 7 nitrogen and oxygen atoms in total. The molecule has 1 unspecified atom stereocenters. The fraction of sp³-hybridized carbons (Fsp3) is 0.708. The second-order valence-electron chi connectivity index (χ2n) is 9.27. The van der Waals surface area contributed by atoms with Crippen molar-refractivity contribution in [3.8, 4) is 0 Å². The van der Waals surface area contributed by atoms with Gasteiger partial charge in [-0.15, -0.1) is 0 Å². The maximum atomic E-state index is 13.1. The van der Waals surface area contributed by atoms with E-state index in [9.17, 15) is 14.4 Å². The van der Waals surface area contributed by atoms with Gasteiger partial charge in [0.05, 0.1) is 12.2 Å². The van der Waals surface area contributed by atoms with E-state index in [-0.39, 0.29) is 17.7 Å². The predicted octanol–water partition coefficient (Wildman–Crippen LogP) is 3.56. The van der Waals surface area contributed by atoms with E-state index in [1.807, 2.05) is 16.7 Å². The Morgan fingerprint density at radius 1 is 1.03 bits per heavy atom. The largest absolute Gasteiger partial charge is 0.462 e. The molecule has 31 heavy (non-hydrogen) atoms. The van der Waals surface area contributed by atoms with Crippen LogP contribution in [0.3, 0.4) is 0 Å². The number of esters is 1. The van der Waals surface area contributed by atoms with Gasteiger partial charge in [-0.25, -0.2) is 4.79 Å². The summed E-state index contributed by atoms with van der Waals surface area (Å²) in [5.41, 5.74) is 2.22. The van der Waals surface area contributed by atoms with Crippen molar-refractivity contribution in [2.45, 2.75) is 60.3 Å². The lowest BCUT2D eigenvalue weighted by atomic mass is 9.84. The van der Waals surface area contributed by atoms with E-state index in [2.05, 4.69) is 11.9 Å². The topological polar surface area (TPSA) is 82.7 Å². The van der Waals surface area contributed by atoms with E-state index in [1.54, 1.807) is 20.8 Å². The van der Waals surface area contributed by atoms with Gasteiger partial charge in [-0.05, 0) is 63.9 Å². The zero-order valence-electron chi connectivity index (χ0n) is 19.6. The number of hydrogen-bond acceptors (Lipinski definition) is 4. The Morgan fingerprint density at radius 2 is 1.61 bits per heavy atom. The third-order valence-electron chi connectivity index (χ3n) is 7.15. The molecule has 2 aliphatic heterocycles. The molecular formula is C24H37N3O4. The first-order valence-corrected chi connectivity index (χ1v) is 11.7. The molecule has 3 rings (SSSR count). The average Bonchev–Trinajstić information content (AvgIpc) is 3.07. The van der Waals surface area contributed by atoms with Gasteiger partial charge in [0, 0.05) is 37.8 Å². The molecule has 0 radical (unpaired) electrons. The van der Waals surface area contributed by atoms with Crippen molar-refractivity contribution in [1.82, 2.24) is 14.8 Å². The molecule has 1 aromatic heterocycles. The summed E-state index contributed by atoms with van der Waals surface area (Å²) in [6, 6.07) is 0. The number of nitrogens with one attached hydrogen (secondary N) is 1. The third kappa shape index (κ3) is 4.96. The van der Waals surface area contributed by atoms with Crippen LogP contribution in [0.15, 0.2) is 0 Å². The first-order valence-electron chi connectivity index (χ1n) is 11.7. The van der Waals surface area contributed by atoms with Crippen molar-refractivity contribution < 1.29 is 19.1 Å². The Labute approximate surface area is 185 Å². The Morgan fingerprint density at radius 3 is 2.19 bits per heavy atom. The quantitative estimate of drug-likeness (QED) is 0.723. The van der Waals surface area contributed by atoms with Crippen molar-refractivity contribution in [3.05, 3.63) is 22.5 Å². The summed E-state index contributed by atoms with van der Waals surface area (Å²) in [6.07, 6.45) is 3.83. The number of aromatic amines is 1. The number of H-pyrrole nitrogens is 1. The summed E-state index contributed by atoms with van der Waals surface area (Å²) in [5, 5.41) is 0. The highest BCUT2D eigenvalue weighted by Crippen LogP contribution is 2.29. The molecule has 2 saturated heterocycles. The van der Waals surface area contributed by atoms with Crippen molar-refractivity contribution in [2.75, 3.05) is 32.8 Å². The predicted molar refractivity (Wildman–Crippen MR) is 119 cm³/mol. The van der Waals surface area contributed by atoms with Crippen molar-refractivity contribution in [1.29, 1.82) is 0 Å². The number of carbonyl (C=O) groups is 3. The first kappa shape index (κ1) is 23.4. The number of aryl methyl sites for hydroxylation is 1. The molecule has 2 amide bonds. The van der Waals surface area contributed by atoms with Crippen LogP contribution >= 0.6 is 0 Å². The average molecular weight is 432 g/mol. The number of aromatic nitrogens is 1. The van der Waals surface area contributed by atoms with Crippen LogP contribution in [-0.4, -0.2) is 65.4 Å². The van der Waals surface area contributed by atoms with E-state index in [0.29, 0.717) is 54.0 Å². The summed E-state index contributed by atoms with van der Waals surface area (Å²) < 4.78 is 5.13. The standard InChI is InChI=1S/C24H37N3O4/c1-6-31-24(30)20-17(4)21(25-18(20)5)23(29)27-13-9-19(10-14-27)16(3)22(28)26-11-7-15(2)8-12-26/h15-16,19,25H,6-14H2,1-5H3. The highest BCUT2D eigenvalue weighted by atomic mass is 16.5. The van der Waals surface area contributed by atoms with E-state index >= 15 is 0 Å². The molecule has 2 aliphatic rings. The number of ether oxygens (including phenoxy) is 1. The van der Waals surface area contributed by atoms with Gasteiger partial charge in [0.2, 0.25) is 5.91 Å². The maximum Gasteiger partial charge on any atom is 0.340 e. The molecule has 0 spiro atoms. The van der Waals surface area contributed by atoms with Gasteiger partial charge in [-0.3, -0.25) is 9.59 Å². The number of amides is 2. The minimum absolute atomic E-state index is 0.00413. The van der Waals surface area contributed by atoms with E-state index in [0.717, 1.165) is 38.8 Å². The van der Waals surface area contributed by atoms with E-state index < -0.39 is 5.97 Å².